The number of carbonyl (C=O) groups is 1. The average molecular weight is 344 g/mol. The molecule has 1 heterocycles. The van der Waals surface area contributed by atoms with E-state index < -0.39 is 5.97 Å². The molecule has 0 aliphatic rings. The molecule has 0 aliphatic heterocycles. The summed E-state index contributed by atoms with van der Waals surface area (Å²) in [6.45, 7) is 3.89. The van der Waals surface area contributed by atoms with Gasteiger partial charge in [0.25, 0.3) is 0 Å². The Hall–Kier alpha value is -1.33. The normalized spacial score (nSPS) is 10.7. The van der Waals surface area contributed by atoms with E-state index in [1.165, 1.54) is 0 Å². The lowest BCUT2D eigenvalue weighted by Crippen LogP contribution is -2.06. The van der Waals surface area contributed by atoms with Crippen molar-refractivity contribution in [2.75, 3.05) is 0 Å². The van der Waals surface area contributed by atoms with Gasteiger partial charge in [-0.15, -0.1) is 0 Å². The number of aromatic nitrogens is 2. The van der Waals surface area contributed by atoms with Crippen LogP contribution in [0.4, 0.5) is 0 Å². The summed E-state index contributed by atoms with van der Waals surface area (Å²) in [4.78, 5) is 11.1. The van der Waals surface area contributed by atoms with Gasteiger partial charge < -0.3 is 5.11 Å². The van der Waals surface area contributed by atoms with Crippen molar-refractivity contribution in [3.63, 3.8) is 0 Å². The van der Waals surface area contributed by atoms with Crippen molar-refractivity contribution in [2.24, 2.45) is 0 Å². The maximum Gasteiger partial charge on any atom is 0.339 e. The van der Waals surface area contributed by atoms with Gasteiger partial charge in [0.2, 0.25) is 0 Å². The van der Waals surface area contributed by atoms with E-state index in [0.717, 1.165) is 10.0 Å². The van der Waals surface area contributed by atoms with E-state index in [4.69, 9.17) is 16.7 Å². The molecule has 0 aliphatic carbocycles. The Labute approximate surface area is 124 Å². The third-order valence-electron chi connectivity index (χ3n) is 2.93. The number of benzene rings is 1. The fraction of sp³-hybridized carbons (Fsp3) is 0.231. The van der Waals surface area contributed by atoms with Crippen LogP contribution in [0.2, 0.25) is 5.02 Å². The maximum absolute atomic E-state index is 11.1. The lowest BCUT2D eigenvalue weighted by molar-refractivity contribution is 0.0695. The first kappa shape index (κ1) is 14.1. The number of nitrogens with zero attached hydrogens (tertiary/aromatic N) is 2. The van der Waals surface area contributed by atoms with Crippen molar-refractivity contribution in [3.8, 4) is 0 Å². The molecule has 0 saturated heterocycles. The van der Waals surface area contributed by atoms with E-state index in [-0.39, 0.29) is 5.56 Å². The third kappa shape index (κ3) is 2.82. The Kier molecular flexibility index (Phi) is 3.96. The van der Waals surface area contributed by atoms with Crippen molar-refractivity contribution in [2.45, 2.75) is 20.4 Å². The second-order valence-corrected chi connectivity index (χ2v) is 5.57. The average Bonchev–Trinajstić information content (AvgIpc) is 2.58. The van der Waals surface area contributed by atoms with Crippen molar-refractivity contribution in [3.05, 3.63) is 50.2 Å². The molecule has 0 fully saturated rings. The molecule has 0 atom stereocenters. The van der Waals surface area contributed by atoms with E-state index in [1.807, 2.05) is 12.1 Å². The number of aryl methyl sites for hydroxylation is 1. The lowest BCUT2D eigenvalue weighted by atomic mass is 10.2. The summed E-state index contributed by atoms with van der Waals surface area (Å²) in [5.41, 5.74) is 2.29. The van der Waals surface area contributed by atoms with Gasteiger partial charge in [-0.25, -0.2) is 4.79 Å². The Balaban J connectivity index is 2.39. The molecule has 0 unspecified atom stereocenters. The number of carboxylic acids is 1. The molecule has 0 bridgehead atoms. The first-order chi connectivity index (χ1) is 8.90. The minimum Gasteiger partial charge on any atom is -0.478 e. The molecule has 4 nitrogen and oxygen atoms in total. The van der Waals surface area contributed by atoms with Crippen LogP contribution in [-0.4, -0.2) is 20.9 Å². The van der Waals surface area contributed by atoms with Crippen LogP contribution in [-0.2, 0) is 6.54 Å². The molecule has 19 heavy (non-hydrogen) atoms. The summed E-state index contributed by atoms with van der Waals surface area (Å²) in [5.74, 6) is -0.955. The number of halogens is 2. The Morgan fingerprint density at radius 1 is 1.47 bits per heavy atom. The third-order valence-corrected chi connectivity index (χ3v) is 3.78. The van der Waals surface area contributed by atoms with Crippen LogP contribution in [0.3, 0.4) is 0 Å². The minimum atomic E-state index is -0.955. The van der Waals surface area contributed by atoms with Crippen LogP contribution in [0.5, 0.6) is 0 Å². The zero-order chi connectivity index (χ0) is 14.2. The maximum atomic E-state index is 11.1. The van der Waals surface area contributed by atoms with E-state index in [1.54, 1.807) is 24.6 Å². The first-order valence-corrected chi connectivity index (χ1v) is 6.78. The summed E-state index contributed by atoms with van der Waals surface area (Å²) in [5, 5.41) is 14.0. The van der Waals surface area contributed by atoms with Crippen LogP contribution >= 0.6 is 27.5 Å². The fourth-order valence-corrected chi connectivity index (χ4v) is 2.70. The second kappa shape index (κ2) is 5.35. The summed E-state index contributed by atoms with van der Waals surface area (Å²) in [7, 11) is 0. The molecule has 0 radical (unpaired) electrons. The van der Waals surface area contributed by atoms with Gasteiger partial charge >= 0.3 is 5.97 Å². The topological polar surface area (TPSA) is 55.1 Å². The van der Waals surface area contributed by atoms with Gasteiger partial charge in [0, 0.05) is 9.50 Å². The second-order valence-electron chi connectivity index (χ2n) is 4.24. The van der Waals surface area contributed by atoms with E-state index in [0.29, 0.717) is 23.0 Å². The highest BCUT2D eigenvalue weighted by atomic mass is 79.9. The van der Waals surface area contributed by atoms with Gasteiger partial charge in [-0.05, 0) is 31.5 Å². The van der Waals surface area contributed by atoms with Gasteiger partial charge in [0.1, 0.15) is 5.56 Å². The zero-order valence-electron chi connectivity index (χ0n) is 10.4. The highest BCUT2D eigenvalue weighted by Crippen LogP contribution is 2.23. The first-order valence-electron chi connectivity index (χ1n) is 5.61. The van der Waals surface area contributed by atoms with Gasteiger partial charge in [-0.2, -0.15) is 5.10 Å². The number of carboxylic acid groups (broad SMARTS) is 1. The molecule has 2 rings (SSSR count). The smallest absolute Gasteiger partial charge is 0.339 e. The SMILES string of the molecule is Cc1nn(Cc2ccc(Br)cc2Cl)c(C)c1C(=O)O. The molecule has 0 saturated carbocycles. The van der Waals surface area contributed by atoms with Crippen LogP contribution < -0.4 is 0 Å². The predicted molar refractivity (Wildman–Crippen MR) is 76.9 cm³/mol. The zero-order valence-corrected chi connectivity index (χ0v) is 12.8. The summed E-state index contributed by atoms with van der Waals surface area (Å²) in [6.07, 6.45) is 0. The predicted octanol–water partition coefficient (Wildman–Crippen LogP) is 3.66. The Bertz CT molecular complexity index is 652. The van der Waals surface area contributed by atoms with Gasteiger partial charge in [-0.1, -0.05) is 33.6 Å². The van der Waals surface area contributed by atoms with Crippen molar-refractivity contribution < 1.29 is 9.90 Å². The highest BCUT2D eigenvalue weighted by molar-refractivity contribution is 9.10. The van der Waals surface area contributed by atoms with E-state index in [9.17, 15) is 4.79 Å². The van der Waals surface area contributed by atoms with Crippen LogP contribution in [0.25, 0.3) is 0 Å². The quantitative estimate of drug-likeness (QED) is 0.925. The van der Waals surface area contributed by atoms with Crippen molar-refractivity contribution in [1.29, 1.82) is 0 Å². The Morgan fingerprint density at radius 3 is 2.68 bits per heavy atom. The molecule has 100 valence electrons. The number of aromatic carboxylic acids is 1. The van der Waals surface area contributed by atoms with E-state index >= 15 is 0 Å². The molecule has 1 N–H and O–H groups in total. The molecule has 0 amide bonds. The summed E-state index contributed by atoms with van der Waals surface area (Å²) < 4.78 is 2.56. The summed E-state index contributed by atoms with van der Waals surface area (Å²) in [6, 6.07) is 5.59. The minimum absolute atomic E-state index is 0.258. The lowest BCUT2D eigenvalue weighted by Gasteiger charge is -2.07. The van der Waals surface area contributed by atoms with Crippen LogP contribution in [0.1, 0.15) is 27.3 Å². The van der Waals surface area contributed by atoms with Crippen molar-refractivity contribution in [1.82, 2.24) is 9.78 Å². The monoisotopic (exact) mass is 342 g/mol. The molecule has 1 aromatic heterocycles. The van der Waals surface area contributed by atoms with Gasteiger partial charge in [0.15, 0.2) is 0 Å². The standard InChI is InChI=1S/C13H12BrClN2O2/c1-7-12(13(18)19)8(2)17(16-7)6-9-3-4-10(14)5-11(9)15/h3-5H,6H2,1-2H3,(H,18,19). The largest absolute Gasteiger partial charge is 0.478 e. The molecular weight excluding hydrogens is 332 g/mol. The molecule has 0 spiro atoms. The van der Waals surface area contributed by atoms with Crippen LogP contribution in [0, 0.1) is 13.8 Å². The fourth-order valence-electron chi connectivity index (χ4n) is 1.97. The molecule has 1 aromatic carbocycles. The number of hydrogen-bond donors (Lipinski definition) is 1. The number of rotatable bonds is 3. The van der Waals surface area contributed by atoms with Gasteiger partial charge in [-0.3, -0.25) is 4.68 Å². The molecule has 6 heteroatoms. The van der Waals surface area contributed by atoms with Crippen molar-refractivity contribution >= 4 is 33.5 Å². The Morgan fingerprint density at radius 2 is 2.16 bits per heavy atom. The van der Waals surface area contributed by atoms with Crippen LogP contribution in [0.15, 0.2) is 22.7 Å². The molecular formula is C13H12BrClN2O2. The number of hydrogen-bond acceptors (Lipinski definition) is 2. The summed E-state index contributed by atoms with van der Waals surface area (Å²) >= 11 is 9.50. The van der Waals surface area contributed by atoms with E-state index in [2.05, 4.69) is 21.0 Å². The highest BCUT2D eigenvalue weighted by Gasteiger charge is 2.18. The molecule has 2 aromatic rings. The van der Waals surface area contributed by atoms with Gasteiger partial charge in [0.05, 0.1) is 17.9 Å².